The van der Waals surface area contributed by atoms with E-state index < -0.39 is 0 Å². The number of ether oxygens (including phenoxy) is 1. The van der Waals surface area contributed by atoms with Gasteiger partial charge in [0.25, 0.3) is 0 Å². The molecule has 1 aliphatic heterocycles. The molecule has 0 fully saturated rings. The molecule has 0 saturated heterocycles. The molecule has 1 aromatic heterocycles. The van der Waals surface area contributed by atoms with Crippen molar-refractivity contribution in [2.24, 2.45) is 0 Å². The van der Waals surface area contributed by atoms with Crippen molar-refractivity contribution in [3.63, 3.8) is 0 Å². The number of fused-ring (bicyclic) bond motifs is 7. The van der Waals surface area contributed by atoms with Crippen LogP contribution in [-0.4, -0.2) is 4.57 Å². The number of rotatable bonds is 3. The van der Waals surface area contributed by atoms with Gasteiger partial charge in [-0.2, -0.15) is 0 Å². The molecule has 0 bridgehead atoms. The predicted molar refractivity (Wildman–Crippen MR) is 192 cm³/mol. The number of hydrogen-bond acceptors (Lipinski definition) is 1. The number of aromatic nitrogens is 1. The van der Waals surface area contributed by atoms with Crippen LogP contribution in [-0.2, 0) is 0 Å². The van der Waals surface area contributed by atoms with E-state index in [0.717, 1.165) is 17.1 Å². The van der Waals surface area contributed by atoms with Crippen LogP contribution in [0.3, 0.4) is 0 Å². The van der Waals surface area contributed by atoms with Crippen LogP contribution in [0.4, 0.5) is 0 Å². The normalized spacial score (nSPS) is 12.1. The van der Waals surface area contributed by atoms with E-state index in [1.807, 2.05) is 0 Å². The van der Waals surface area contributed by atoms with Crippen molar-refractivity contribution in [1.82, 2.24) is 4.57 Å². The van der Waals surface area contributed by atoms with Gasteiger partial charge in [0, 0.05) is 32.8 Å². The summed E-state index contributed by atoms with van der Waals surface area (Å²) in [5.41, 5.74) is 10.7. The molecule has 0 amide bonds. The minimum Gasteiger partial charge on any atom is -0.456 e. The third-order valence-corrected chi connectivity index (χ3v) is 9.58. The lowest BCUT2D eigenvalue weighted by Crippen LogP contribution is -1.97. The first-order valence-corrected chi connectivity index (χ1v) is 15.8. The van der Waals surface area contributed by atoms with Crippen molar-refractivity contribution >= 4 is 43.4 Å². The summed E-state index contributed by atoms with van der Waals surface area (Å²) in [6.07, 6.45) is 0. The minimum absolute atomic E-state index is 0.904. The van der Waals surface area contributed by atoms with Gasteiger partial charge in [0.05, 0.1) is 11.0 Å². The molecule has 10 rings (SSSR count). The maximum absolute atomic E-state index is 6.34. The van der Waals surface area contributed by atoms with Crippen molar-refractivity contribution in [1.29, 1.82) is 0 Å². The Morgan fingerprint density at radius 3 is 1.91 bits per heavy atom. The Morgan fingerprint density at radius 2 is 1.07 bits per heavy atom. The zero-order valence-electron chi connectivity index (χ0n) is 24.9. The molecule has 2 heterocycles. The molecule has 2 nitrogen and oxygen atoms in total. The average molecular weight is 586 g/mol. The fourth-order valence-corrected chi connectivity index (χ4v) is 7.40. The Bertz CT molecular complexity index is 2640. The van der Waals surface area contributed by atoms with Gasteiger partial charge < -0.3 is 9.30 Å². The molecular formula is C44H27NO. The highest BCUT2D eigenvalue weighted by molar-refractivity contribution is 6.19. The van der Waals surface area contributed by atoms with Crippen molar-refractivity contribution < 1.29 is 4.74 Å². The second kappa shape index (κ2) is 9.69. The maximum Gasteiger partial charge on any atom is 0.135 e. The molecule has 0 N–H and O–H groups in total. The molecule has 1 aliphatic rings. The number of benzene rings is 8. The van der Waals surface area contributed by atoms with Crippen LogP contribution >= 0.6 is 0 Å². The molecule has 2 heteroatoms. The molecule has 0 unspecified atom stereocenters. The summed E-state index contributed by atoms with van der Waals surface area (Å²) in [4.78, 5) is 0. The van der Waals surface area contributed by atoms with E-state index in [-0.39, 0.29) is 0 Å². The first-order chi connectivity index (χ1) is 22.8. The van der Waals surface area contributed by atoms with E-state index in [1.165, 1.54) is 76.9 Å². The zero-order valence-corrected chi connectivity index (χ0v) is 24.9. The smallest absolute Gasteiger partial charge is 0.135 e. The van der Waals surface area contributed by atoms with Crippen molar-refractivity contribution in [2.45, 2.75) is 0 Å². The summed E-state index contributed by atoms with van der Waals surface area (Å²) < 4.78 is 8.77. The molecule has 9 aromatic rings. The van der Waals surface area contributed by atoms with E-state index in [2.05, 4.69) is 168 Å². The van der Waals surface area contributed by atoms with Gasteiger partial charge >= 0.3 is 0 Å². The first-order valence-electron chi connectivity index (χ1n) is 15.8. The van der Waals surface area contributed by atoms with Gasteiger partial charge in [0.1, 0.15) is 11.5 Å². The molecule has 0 saturated carbocycles. The molecule has 0 aliphatic carbocycles. The fourth-order valence-electron chi connectivity index (χ4n) is 7.40. The van der Waals surface area contributed by atoms with E-state index in [0.29, 0.717) is 0 Å². The van der Waals surface area contributed by atoms with Crippen LogP contribution in [0.2, 0.25) is 0 Å². The monoisotopic (exact) mass is 585 g/mol. The minimum atomic E-state index is 0.904. The van der Waals surface area contributed by atoms with E-state index in [4.69, 9.17) is 4.74 Å². The number of para-hydroxylation sites is 1. The Morgan fingerprint density at radius 1 is 0.391 bits per heavy atom. The second-order valence-electron chi connectivity index (χ2n) is 12.1. The lowest BCUT2D eigenvalue weighted by atomic mass is 9.92. The van der Waals surface area contributed by atoms with Gasteiger partial charge in [-0.3, -0.25) is 0 Å². The lowest BCUT2D eigenvalue weighted by molar-refractivity contribution is 0.487. The lowest BCUT2D eigenvalue weighted by Gasteiger charge is -2.22. The summed E-state index contributed by atoms with van der Waals surface area (Å²) in [6, 6.07) is 59.1. The highest BCUT2D eigenvalue weighted by atomic mass is 16.5. The van der Waals surface area contributed by atoms with Gasteiger partial charge in [-0.1, -0.05) is 127 Å². The van der Waals surface area contributed by atoms with Gasteiger partial charge in [0.15, 0.2) is 0 Å². The summed E-state index contributed by atoms with van der Waals surface area (Å²) in [6.45, 7) is 0. The largest absolute Gasteiger partial charge is 0.456 e. The third kappa shape index (κ3) is 3.71. The Balaban J connectivity index is 1.09. The summed E-state index contributed by atoms with van der Waals surface area (Å²) in [5, 5.41) is 7.43. The van der Waals surface area contributed by atoms with Crippen LogP contribution in [0.1, 0.15) is 0 Å². The SMILES string of the molecule is c1ccc(-n2c3cc(-c4ccc(-c5ccc6c(c5)-c5cccc7cccc(c57)O6)cc4)ccc3c3ccc4ccccc4c32)cc1. The molecule has 46 heavy (non-hydrogen) atoms. The fraction of sp³-hybridized carbons (Fsp3) is 0. The molecule has 214 valence electrons. The molecule has 0 spiro atoms. The Kier molecular flexibility index (Phi) is 5.31. The topological polar surface area (TPSA) is 14.2 Å². The third-order valence-electron chi connectivity index (χ3n) is 9.58. The van der Waals surface area contributed by atoms with Crippen LogP contribution in [0.15, 0.2) is 164 Å². The Hall–Kier alpha value is -6.12. The second-order valence-corrected chi connectivity index (χ2v) is 12.1. The van der Waals surface area contributed by atoms with E-state index in [9.17, 15) is 0 Å². The van der Waals surface area contributed by atoms with Gasteiger partial charge in [-0.25, -0.2) is 0 Å². The van der Waals surface area contributed by atoms with Crippen LogP contribution in [0.5, 0.6) is 11.5 Å². The van der Waals surface area contributed by atoms with Crippen LogP contribution in [0.25, 0.3) is 82.4 Å². The number of nitrogens with zero attached hydrogens (tertiary/aromatic N) is 1. The van der Waals surface area contributed by atoms with Crippen LogP contribution < -0.4 is 4.74 Å². The molecular weight excluding hydrogens is 558 g/mol. The molecule has 0 radical (unpaired) electrons. The molecule has 8 aromatic carbocycles. The Labute approximate surface area is 266 Å². The highest BCUT2D eigenvalue weighted by Gasteiger charge is 2.20. The van der Waals surface area contributed by atoms with E-state index >= 15 is 0 Å². The van der Waals surface area contributed by atoms with Gasteiger partial charge in [-0.15, -0.1) is 0 Å². The quantitative estimate of drug-likeness (QED) is 0.201. The van der Waals surface area contributed by atoms with Crippen molar-refractivity contribution in [3.05, 3.63) is 164 Å². The van der Waals surface area contributed by atoms with E-state index in [1.54, 1.807) is 0 Å². The van der Waals surface area contributed by atoms with Gasteiger partial charge in [0.2, 0.25) is 0 Å². The standard InChI is InChI=1S/C44H27NO/c1-2-11-34(12-3-1)45-40-27-33(21-23-36(40)38-24-20-30-8-4-5-13-35(30)44(38)45)29-18-16-28(17-19-29)32-22-25-41-39(26-32)37-14-6-9-31-10-7-15-42(46-41)43(31)37/h1-27H. The summed E-state index contributed by atoms with van der Waals surface area (Å²) in [5.74, 6) is 1.83. The van der Waals surface area contributed by atoms with Crippen LogP contribution in [0, 0.1) is 0 Å². The first kappa shape index (κ1) is 25.2. The zero-order chi connectivity index (χ0) is 30.2. The van der Waals surface area contributed by atoms with Crippen molar-refractivity contribution in [2.75, 3.05) is 0 Å². The molecule has 0 atom stereocenters. The highest BCUT2D eigenvalue weighted by Crippen LogP contribution is 2.47. The predicted octanol–water partition coefficient (Wildman–Crippen LogP) is 12.2. The summed E-state index contributed by atoms with van der Waals surface area (Å²) >= 11 is 0. The average Bonchev–Trinajstić information content (AvgIpc) is 3.46. The van der Waals surface area contributed by atoms with Crippen molar-refractivity contribution in [3.8, 4) is 50.6 Å². The maximum atomic E-state index is 6.34. The number of hydrogen-bond donors (Lipinski definition) is 0. The summed E-state index contributed by atoms with van der Waals surface area (Å²) in [7, 11) is 0. The van der Waals surface area contributed by atoms with Gasteiger partial charge in [-0.05, 0) is 75.0 Å².